The van der Waals surface area contributed by atoms with Crippen molar-refractivity contribution in [2.75, 3.05) is 13.1 Å². The summed E-state index contributed by atoms with van der Waals surface area (Å²) in [7, 11) is 0. The number of halogens is 1. The van der Waals surface area contributed by atoms with Gasteiger partial charge in [-0.3, -0.25) is 4.79 Å². The van der Waals surface area contributed by atoms with Crippen molar-refractivity contribution in [3.8, 4) is 0 Å². The number of hydrogen-bond acceptors (Lipinski definition) is 2. The molecule has 0 bridgehead atoms. The minimum absolute atomic E-state index is 0.307. The number of carbonyl (C=O) groups is 1. The van der Waals surface area contributed by atoms with Gasteiger partial charge < -0.3 is 10.0 Å². The molecular weight excluding hydrogens is 306 g/mol. The lowest BCUT2D eigenvalue weighted by molar-refractivity contribution is -0.138. The second kappa shape index (κ2) is 6.53. The van der Waals surface area contributed by atoms with Crippen LogP contribution in [0.5, 0.6) is 0 Å². The summed E-state index contributed by atoms with van der Waals surface area (Å²) in [6, 6.07) is 8.90. The molecule has 3 nitrogen and oxygen atoms in total. The molecule has 2 atom stereocenters. The molecule has 1 aromatic carbocycles. The number of carboxylic acid groups (broad SMARTS) is 1. The maximum Gasteiger partial charge on any atom is 0.303 e. The second-order valence-corrected chi connectivity index (χ2v) is 6.34. The zero-order chi connectivity index (χ0) is 13.8. The number of hydrogen-bond donors (Lipinski definition) is 1. The van der Waals surface area contributed by atoms with Gasteiger partial charge in [0, 0.05) is 23.5 Å². The van der Waals surface area contributed by atoms with E-state index < -0.39 is 5.97 Å². The number of rotatable bonds is 5. The van der Waals surface area contributed by atoms with E-state index in [2.05, 4.69) is 52.0 Å². The smallest absolute Gasteiger partial charge is 0.303 e. The Morgan fingerprint density at radius 1 is 1.47 bits per heavy atom. The zero-order valence-electron chi connectivity index (χ0n) is 11.2. The lowest BCUT2D eigenvalue weighted by atomic mass is 10.0. The normalized spacial score (nSPS) is 21.5. The number of benzene rings is 1. The maximum absolute atomic E-state index is 10.7. The van der Waals surface area contributed by atoms with Crippen molar-refractivity contribution in [1.29, 1.82) is 0 Å². The molecule has 1 saturated heterocycles. The van der Waals surface area contributed by atoms with Crippen LogP contribution in [-0.2, 0) is 11.2 Å². The average Bonchev–Trinajstić information content (AvgIpc) is 2.80. The first-order valence-electron chi connectivity index (χ1n) is 6.75. The van der Waals surface area contributed by atoms with E-state index in [1.54, 1.807) is 0 Å². The highest BCUT2D eigenvalue weighted by molar-refractivity contribution is 9.10. The molecule has 19 heavy (non-hydrogen) atoms. The lowest BCUT2D eigenvalue weighted by Gasteiger charge is -2.24. The predicted octanol–water partition coefficient (Wildman–Crippen LogP) is 3.18. The number of carboxylic acids is 1. The van der Waals surface area contributed by atoms with Crippen molar-refractivity contribution < 1.29 is 9.90 Å². The van der Waals surface area contributed by atoms with Crippen LogP contribution in [0.4, 0.5) is 0 Å². The molecule has 0 saturated carbocycles. The van der Waals surface area contributed by atoms with Gasteiger partial charge in [0.05, 0.1) is 0 Å². The van der Waals surface area contributed by atoms with Crippen LogP contribution in [0.25, 0.3) is 0 Å². The Labute approximate surface area is 122 Å². The maximum atomic E-state index is 10.7. The van der Waals surface area contributed by atoms with Gasteiger partial charge in [0.15, 0.2) is 0 Å². The number of likely N-dealkylation sites (tertiary alicyclic amines) is 1. The topological polar surface area (TPSA) is 40.5 Å². The van der Waals surface area contributed by atoms with Gasteiger partial charge in [-0.2, -0.15) is 0 Å². The minimum atomic E-state index is -0.674. The van der Waals surface area contributed by atoms with Gasteiger partial charge in [0.2, 0.25) is 0 Å². The van der Waals surface area contributed by atoms with Crippen LogP contribution in [0.2, 0.25) is 0 Å². The lowest BCUT2D eigenvalue weighted by Crippen LogP contribution is -2.32. The summed E-state index contributed by atoms with van der Waals surface area (Å²) >= 11 is 3.44. The molecule has 1 fully saturated rings. The van der Waals surface area contributed by atoms with Gasteiger partial charge in [-0.15, -0.1) is 0 Å². The second-order valence-electron chi connectivity index (χ2n) is 5.43. The van der Waals surface area contributed by atoms with Crippen LogP contribution in [0, 0.1) is 5.92 Å². The quantitative estimate of drug-likeness (QED) is 0.903. The molecule has 104 valence electrons. The monoisotopic (exact) mass is 325 g/mol. The third kappa shape index (κ3) is 4.32. The summed E-state index contributed by atoms with van der Waals surface area (Å²) in [5.41, 5.74) is 1.33. The van der Waals surface area contributed by atoms with E-state index in [1.165, 1.54) is 5.56 Å². The van der Waals surface area contributed by atoms with Crippen LogP contribution < -0.4 is 0 Å². The Morgan fingerprint density at radius 2 is 2.16 bits per heavy atom. The van der Waals surface area contributed by atoms with Crippen molar-refractivity contribution in [3.05, 3.63) is 34.3 Å². The van der Waals surface area contributed by atoms with Gasteiger partial charge in [-0.05, 0) is 49.9 Å². The molecule has 1 aromatic rings. The Hall–Kier alpha value is -0.870. The summed E-state index contributed by atoms with van der Waals surface area (Å²) in [5, 5.41) is 8.84. The molecule has 0 aromatic heterocycles. The molecule has 0 radical (unpaired) electrons. The van der Waals surface area contributed by atoms with E-state index in [9.17, 15) is 4.79 Å². The molecular formula is C15H20BrNO2. The van der Waals surface area contributed by atoms with Gasteiger partial charge >= 0.3 is 5.97 Å². The van der Waals surface area contributed by atoms with E-state index >= 15 is 0 Å². The molecule has 1 aliphatic heterocycles. The highest BCUT2D eigenvalue weighted by Crippen LogP contribution is 2.23. The molecule has 1 N–H and O–H groups in total. The molecule has 1 heterocycles. The van der Waals surface area contributed by atoms with Gasteiger partial charge in [-0.1, -0.05) is 28.1 Å². The highest BCUT2D eigenvalue weighted by Gasteiger charge is 2.27. The minimum Gasteiger partial charge on any atom is -0.481 e. The van der Waals surface area contributed by atoms with E-state index in [0.29, 0.717) is 18.4 Å². The van der Waals surface area contributed by atoms with Crippen LogP contribution in [0.1, 0.15) is 25.3 Å². The summed E-state index contributed by atoms with van der Waals surface area (Å²) in [5.74, 6) is -0.350. The van der Waals surface area contributed by atoms with E-state index in [4.69, 9.17) is 5.11 Å². The first kappa shape index (κ1) is 14.5. The zero-order valence-corrected chi connectivity index (χ0v) is 12.8. The third-order valence-electron chi connectivity index (χ3n) is 3.85. The Bertz CT molecular complexity index is 432. The van der Waals surface area contributed by atoms with Gasteiger partial charge in [0.25, 0.3) is 0 Å². The largest absolute Gasteiger partial charge is 0.481 e. The first-order valence-corrected chi connectivity index (χ1v) is 7.54. The third-order valence-corrected chi connectivity index (χ3v) is 4.38. The van der Waals surface area contributed by atoms with Crippen molar-refractivity contribution in [2.45, 2.75) is 32.2 Å². The van der Waals surface area contributed by atoms with Gasteiger partial charge in [-0.25, -0.2) is 0 Å². The summed E-state index contributed by atoms with van der Waals surface area (Å²) in [6.45, 7) is 4.17. The van der Waals surface area contributed by atoms with Crippen molar-refractivity contribution in [2.24, 2.45) is 5.92 Å². The van der Waals surface area contributed by atoms with Crippen molar-refractivity contribution >= 4 is 21.9 Å². The number of nitrogens with zero attached hydrogens (tertiary/aromatic N) is 1. The standard InChI is InChI=1S/C15H20BrNO2/c1-11(8-12-2-4-14(16)5-3-12)17-7-6-13(10-17)9-15(18)19/h2-5,11,13H,6-10H2,1H3,(H,18,19). The predicted molar refractivity (Wildman–Crippen MR) is 79.2 cm³/mol. The first-order chi connectivity index (χ1) is 9.04. The van der Waals surface area contributed by atoms with E-state index in [-0.39, 0.29) is 0 Å². The summed E-state index contributed by atoms with van der Waals surface area (Å²) in [4.78, 5) is 13.1. The fourth-order valence-electron chi connectivity index (χ4n) is 2.77. The summed E-state index contributed by atoms with van der Waals surface area (Å²) < 4.78 is 1.10. The average molecular weight is 326 g/mol. The van der Waals surface area contributed by atoms with Crippen molar-refractivity contribution in [1.82, 2.24) is 4.90 Å². The molecule has 0 aliphatic carbocycles. The number of aliphatic carboxylic acids is 1. The molecule has 2 unspecified atom stereocenters. The van der Waals surface area contributed by atoms with Crippen LogP contribution in [0.15, 0.2) is 28.7 Å². The van der Waals surface area contributed by atoms with Crippen LogP contribution >= 0.6 is 15.9 Å². The van der Waals surface area contributed by atoms with Crippen LogP contribution in [-0.4, -0.2) is 35.1 Å². The van der Waals surface area contributed by atoms with Crippen LogP contribution in [0.3, 0.4) is 0 Å². The van der Waals surface area contributed by atoms with E-state index in [1.807, 2.05) is 0 Å². The summed E-state index contributed by atoms with van der Waals surface area (Å²) in [6.07, 6.45) is 2.34. The van der Waals surface area contributed by atoms with E-state index in [0.717, 1.165) is 30.4 Å². The Balaban J connectivity index is 1.85. The fraction of sp³-hybridized carbons (Fsp3) is 0.533. The molecule has 4 heteroatoms. The SMILES string of the molecule is CC(Cc1ccc(Br)cc1)N1CCC(CC(=O)O)C1. The Kier molecular flexibility index (Phi) is 4.99. The molecule has 0 amide bonds. The molecule has 0 spiro atoms. The molecule has 2 rings (SSSR count). The van der Waals surface area contributed by atoms with Crippen molar-refractivity contribution in [3.63, 3.8) is 0 Å². The molecule has 1 aliphatic rings. The highest BCUT2D eigenvalue weighted by atomic mass is 79.9. The Morgan fingerprint density at radius 3 is 2.79 bits per heavy atom. The van der Waals surface area contributed by atoms with Gasteiger partial charge in [0.1, 0.15) is 0 Å². The fourth-order valence-corrected chi connectivity index (χ4v) is 3.03.